The van der Waals surface area contributed by atoms with Crippen LogP contribution in [0.25, 0.3) is 0 Å². The molecule has 1 heterocycles. The number of halogens is 1. The minimum atomic E-state index is -0.291. The molecule has 1 aromatic rings. The third-order valence-corrected chi connectivity index (χ3v) is 4.16. The van der Waals surface area contributed by atoms with Gasteiger partial charge in [0, 0.05) is 12.2 Å². The van der Waals surface area contributed by atoms with E-state index in [-0.39, 0.29) is 17.3 Å². The Morgan fingerprint density at radius 2 is 2.00 bits per heavy atom. The Balaban J connectivity index is 2.25. The molecule has 2 nitrogen and oxygen atoms in total. The molecule has 0 amide bonds. The Kier molecular flexibility index (Phi) is 4.00. The summed E-state index contributed by atoms with van der Waals surface area (Å²) in [5, 5.41) is 0. The van der Waals surface area contributed by atoms with Crippen molar-refractivity contribution < 1.29 is 4.39 Å². The molecule has 0 bridgehead atoms. The molecule has 1 unspecified atom stereocenters. The van der Waals surface area contributed by atoms with Crippen molar-refractivity contribution in [2.45, 2.75) is 52.0 Å². The maximum Gasteiger partial charge on any atom is 0.141 e. The second kappa shape index (κ2) is 5.35. The minimum Gasteiger partial charge on any atom is -0.323 e. The van der Waals surface area contributed by atoms with Crippen LogP contribution in [-0.4, -0.2) is 4.98 Å². The van der Waals surface area contributed by atoms with Crippen molar-refractivity contribution in [1.29, 1.82) is 0 Å². The fourth-order valence-electron chi connectivity index (χ4n) is 3.49. The Morgan fingerprint density at radius 1 is 1.33 bits per heavy atom. The van der Waals surface area contributed by atoms with Crippen LogP contribution in [0, 0.1) is 17.2 Å². The lowest BCUT2D eigenvalue weighted by Crippen LogP contribution is -2.33. The summed E-state index contributed by atoms with van der Waals surface area (Å²) in [4.78, 5) is 3.93. The van der Waals surface area contributed by atoms with Gasteiger partial charge in [-0.15, -0.1) is 0 Å². The molecule has 2 N–H and O–H groups in total. The number of nitrogens with two attached hydrogens (primary N) is 1. The fraction of sp³-hybridized carbons (Fsp3) is 0.667. The van der Waals surface area contributed by atoms with E-state index in [1.165, 1.54) is 25.1 Å². The average molecular weight is 250 g/mol. The number of hydrogen-bond donors (Lipinski definition) is 1. The van der Waals surface area contributed by atoms with E-state index in [0.29, 0.717) is 5.92 Å². The lowest BCUT2D eigenvalue weighted by molar-refractivity contribution is 0.183. The Bertz CT molecular complexity index is 397. The highest BCUT2D eigenvalue weighted by molar-refractivity contribution is 5.18. The lowest BCUT2D eigenvalue weighted by atomic mass is 9.71. The molecule has 1 saturated carbocycles. The summed E-state index contributed by atoms with van der Waals surface area (Å²) in [5.41, 5.74) is 7.43. The molecule has 18 heavy (non-hydrogen) atoms. The molecule has 100 valence electrons. The minimum absolute atomic E-state index is 0.0920. The van der Waals surface area contributed by atoms with Gasteiger partial charge >= 0.3 is 0 Å². The first-order valence-corrected chi connectivity index (χ1v) is 6.89. The van der Waals surface area contributed by atoms with Gasteiger partial charge in [-0.3, -0.25) is 4.98 Å². The van der Waals surface area contributed by atoms with Crippen LogP contribution in [0.15, 0.2) is 18.5 Å². The molecule has 0 aromatic carbocycles. The van der Waals surface area contributed by atoms with Gasteiger partial charge in [-0.25, -0.2) is 4.39 Å². The van der Waals surface area contributed by atoms with Gasteiger partial charge in [0.1, 0.15) is 5.82 Å². The number of nitrogens with zero attached hydrogens (tertiary/aromatic N) is 1. The molecular weight excluding hydrogens is 227 g/mol. The molecule has 1 aliphatic carbocycles. The van der Waals surface area contributed by atoms with Gasteiger partial charge in [0.25, 0.3) is 0 Å². The van der Waals surface area contributed by atoms with Crippen molar-refractivity contribution in [3.05, 3.63) is 29.8 Å². The number of aromatic nitrogens is 1. The van der Waals surface area contributed by atoms with E-state index < -0.39 is 0 Å². The van der Waals surface area contributed by atoms with E-state index >= 15 is 0 Å². The first kappa shape index (κ1) is 13.5. The molecule has 0 saturated heterocycles. The largest absolute Gasteiger partial charge is 0.323 e. The first-order valence-electron chi connectivity index (χ1n) is 6.89. The van der Waals surface area contributed by atoms with Crippen LogP contribution in [0.1, 0.15) is 57.6 Å². The van der Waals surface area contributed by atoms with Crippen LogP contribution in [0.5, 0.6) is 0 Å². The quantitative estimate of drug-likeness (QED) is 0.882. The standard InChI is InChI=1S/C15H23FN2/c1-11(2)8-15(5-3-4-6-15)14(17)12-7-13(16)10-18-9-12/h7,9-11,14H,3-6,8,17H2,1-2H3. The normalized spacial score (nSPS) is 20.3. The molecule has 2 rings (SSSR count). The summed E-state index contributed by atoms with van der Waals surface area (Å²) < 4.78 is 13.3. The smallest absolute Gasteiger partial charge is 0.141 e. The Labute approximate surface area is 109 Å². The van der Waals surface area contributed by atoms with Crippen molar-refractivity contribution >= 4 is 0 Å². The first-order chi connectivity index (χ1) is 8.53. The van der Waals surface area contributed by atoms with Gasteiger partial charge in [0.05, 0.1) is 6.20 Å². The second-order valence-corrected chi connectivity index (χ2v) is 6.08. The Morgan fingerprint density at radius 3 is 2.56 bits per heavy atom. The van der Waals surface area contributed by atoms with Gasteiger partial charge in [-0.05, 0) is 42.2 Å². The number of pyridine rings is 1. The third-order valence-electron chi connectivity index (χ3n) is 4.16. The van der Waals surface area contributed by atoms with Crippen molar-refractivity contribution in [3.63, 3.8) is 0 Å². The van der Waals surface area contributed by atoms with Crippen LogP contribution in [0.2, 0.25) is 0 Å². The molecule has 3 heteroatoms. The summed E-state index contributed by atoms with van der Waals surface area (Å²) in [5.74, 6) is 0.330. The highest BCUT2D eigenvalue weighted by atomic mass is 19.1. The van der Waals surface area contributed by atoms with E-state index in [2.05, 4.69) is 18.8 Å². The van der Waals surface area contributed by atoms with E-state index in [1.54, 1.807) is 6.20 Å². The van der Waals surface area contributed by atoms with Gasteiger partial charge in [-0.2, -0.15) is 0 Å². The zero-order chi connectivity index (χ0) is 13.2. The van der Waals surface area contributed by atoms with E-state index in [9.17, 15) is 4.39 Å². The highest BCUT2D eigenvalue weighted by Gasteiger charge is 2.40. The van der Waals surface area contributed by atoms with Crippen molar-refractivity contribution in [1.82, 2.24) is 4.98 Å². The fourth-order valence-corrected chi connectivity index (χ4v) is 3.49. The van der Waals surface area contributed by atoms with Crippen molar-refractivity contribution in [2.24, 2.45) is 17.1 Å². The third kappa shape index (κ3) is 2.72. The van der Waals surface area contributed by atoms with E-state index in [1.807, 2.05) is 0 Å². The predicted octanol–water partition coefficient (Wildman–Crippen LogP) is 3.83. The van der Waals surface area contributed by atoms with E-state index in [0.717, 1.165) is 24.8 Å². The molecular formula is C15H23FN2. The predicted molar refractivity (Wildman–Crippen MR) is 71.5 cm³/mol. The van der Waals surface area contributed by atoms with Crippen molar-refractivity contribution in [2.75, 3.05) is 0 Å². The van der Waals surface area contributed by atoms with E-state index in [4.69, 9.17) is 5.73 Å². The lowest BCUT2D eigenvalue weighted by Gasteiger charge is -2.37. The SMILES string of the molecule is CC(C)CC1(C(N)c2cncc(F)c2)CCCC1. The van der Waals surface area contributed by atoms with Crippen LogP contribution in [0.4, 0.5) is 4.39 Å². The molecule has 0 spiro atoms. The van der Waals surface area contributed by atoms with Crippen LogP contribution < -0.4 is 5.73 Å². The second-order valence-electron chi connectivity index (χ2n) is 6.08. The molecule has 1 aliphatic rings. The molecule has 1 aromatic heterocycles. The van der Waals surface area contributed by atoms with Crippen LogP contribution in [-0.2, 0) is 0 Å². The molecule has 0 radical (unpaired) electrons. The van der Waals surface area contributed by atoms with Gasteiger partial charge in [-0.1, -0.05) is 26.7 Å². The summed E-state index contributed by atoms with van der Waals surface area (Å²) in [6, 6.07) is 1.45. The topological polar surface area (TPSA) is 38.9 Å². The van der Waals surface area contributed by atoms with Gasteiger partial charge in [0.15, 0.2) is 0 Å². The number of hydrogen-bond acceptors (Lipinski definition) is 2. The maximum absolute atomic E-state index is 13.3. The zero-order valence-electron chi connectivity index (χ0n) is 11.3. The van der Waals surface area contributed by atoms with Gasteiger partial charge < -0.3 is 5.73 Å². The average Bonchev–Trinajstić information content (AvgIpc) is 2.77. The summed E-state index contributed by atoms with van der Waals surface area (Å²) in [6.07, 6.45) is 8.86. The summed E-state index contributed by atoms with van der Waals surface area (Å²) in [7, 11) is 0. The van der Waals surface area contributed by atoms with Crippen LogP contribution >= 0.6 is 0 Å². The molecule has 1 fully saturated rings. The summed E-state index contributed by atoms with van der Waals surface area (Å²) >= 11 is 0. The zero-order valence-corrected chi connectivity index (χ0v) is 11.3. The highest BCUT2D eigenvalue weighted by Crippen LogP contribution is 2.50. The molecule has 0 aliphatic heterocycles. The van der Waals surface area contributed by atoms with Crippen LogP contribution in [0.3, 0.4) is 0 Å². The van der Waals surface area contributed by atoms with Gasteiger partial charge in [0.2, 0.25) is 0 Å². The number of rotatable bonds is 4. The monoisotopic (exact) mass is 250 g/mol. The maximum atomic E-state index is 13.3. The summed E-state index contributed by atoms with van der Waals surface area (Å²) in [6.45, 7) is 4.47. The molecule has 1 atom stereocenters. The Hall–Kier alpha value is -0.960. The van der Waals surface area contributed by atoms with Crippen molar-refractivity contribution in [3.8, 4) is 0 Å².